The Morgan fingerprint density at radius 1 is 1.18 bits per heavy atom. The molecule has 0 saturated carbocycles. The van der Waals surface area contributed by atoms with Crippen LogP contribution in [0.25, 0.3) is 0 Å². The second-order valence-electron chi connectivity index (χ2n) is 7.83. The summed E-state index contributed by atoms with van der Waals surface area (Å²) in [4.78, 5) is 47.2. The molecule has 0 radical (unpaired) electrons. The normalized spacial score (nSPS) is 13.5. The summed E-state index contributed by atoms with van der Waals surface area (Å²) in [5, 5.41) is 16.9. The van der Waals surface area contributed by atoms with Crippen LogP contribution >= 0.6 is 0 Å². The lowest BCUT2D eigenvalue weighted by atomic mass is 10.0. The Labute approximate surface area is 190 Å². The number of nitrogens with zero attached hydrogens (tertiary/aromatic N) is 1. The minimum absolute atomic E-state index is 0.0485. The van der Waals surface area contributed by atoms with Gasteiger partial charge in [0.1, 0.15) is 5.75 Å². The molecule has 2 amide bonds. The number of hydrogen-bond donors (Lipinski definition) is 2. The van der Waals surface area contributed by atoms with Crippen LogP contribution in [0.1, 0.15) is 43.9 Å². The van der Waals surface area contributed by atoms with Crippen LogP contribution in [-0.2, 0) is 25.5 Å². The van der Waals surface area contributed by atoms with Crippen molar-refractivity contribution in [1.82, 2.24) is 5.32 Å². The van der Waals surface area contributed by atoms with Gasteiger partial charge in [-0.1, -0.05) is 18.2 Å². The number of amides is 2. The standard InChI is InChI=1S/C23H25N3O7/c1-14(2)33-23(29)12-19(17-5-3-4-6-20(17)26(30)31)25-22(28)13-32-16-8-9-18-15(11-16)7-10-21(27)24-18/h3-6,8-9,11,14,19H,7,10,12-13H2,1-2H3,(H,24,27)(H,25,28). The summed E-state index contributed by atoms with van der Waals surface area (Å²) in [6.07, 6.45) is 0.313. The Kier molecular flexibility index (Phi) is 7.60. The molecule has 0 spiro atoms. The lowest BCUT2D eigenvalue weighted by Crippen LogP contribution is -2.34. The predicted molar refractivity (Wildman–Crippen MR) is 119 cm³/mol. The van der Waals surface area contributed by atoms with Gasteiger partial charge < -0.3 is 20.1 Å². The van der Waals surface area contributed by atoms with E-state index in [2.05, 4.69) is 10.6 Å². The monoisotopic (exact) mass is 455 g/mol. The lowest BCUT2D eigenvalue weighted by Gasteiger charge is -2.20. The number of hydrogen-bond acceptors (Lipinski definition) is 7. The summed E-state index contributed by atoms with van der Waals surface area (Å²) in [6.45, 7) is 3.02. The van der Waals surface area contributed by atoms with Gasteiger partial charge in [0.2, 0.25) is 5.91 Å². The van der Waals surface area contributed by atoms with E-state index in [1.54, 1.807) is 38.1 Å². The number of nitro benzene ring substituents is 1. The van der Waals surface area contributed by atoms with E-state index < -0.39 is 22.8 Å². The summed E-state index contributed by atoms with van der Waals surface area (Å²) in [6, 6.07) is 10.0. The molecule has 3 rings (SSSR count). The number of carbonyl (C=O) groups is 3. The molecule has 2 aromatic rings. The van der Waals surface area contributed by atoms with Crippen molar-refractivity contribution in [1.29, 1.82) is 0 Å². The van der Waals surface area contributed by atoms with Crippen LogP contribution in [0.3, 0.4) is 0 Å². The molecule has 174 valence electrons. The van der Waals surface area contributed by atoms with E-state index in [9.17, 15) is 24.5 Å². The molecule has 1 heterocycles. The van der Waals surface area contributed by atoms with Crippen molar-refractivity contribution >= 4 is 29.2 Å². The summed E-state index contributed by atoms with van der Waals surface area (Å²) >= 11 is 0. The molecule has 0 aromatic heterocycles. The molecule has 2 aromatic carbocycles. The van der Waals surface area contributed by atoms with E-state index in [4.69, 9.17) is 9.47 Å². The zero-order valence-electron chi connectivity index (χ0n) is 18.3. The maximum atomic E-state index is 12.6. The van der Waals surface area contributed by atoms with Crippen LogP contribution in [0.5, 0.6) is 5.75 Å². The van der Waals surface area contributed by atoms with Crippen LogP contribution in [0.15, 0.2) is 42.5 Å². The fourth-order valence-corrected chi connectivity index (χ4v) is 3.50. The van der Waals surface area contributed by atoms with Gasteiger partial charge in [0.15, 0.2) is 6.61 Å². The fourth-order valence-electron chi connectivity index (χ4n) is 3.50. The molecule has 0 saturated heterocycles. The third-order valence-corrected chi connectivity index (χ3v) is 4.92. The first-order valence-electron chi connectivity index (χ1n) is 10.5. The van der Waals surface area contributed by atoms with Crippen LogP contribution in [-0.4, -0.2) is 35.4 Å². The molecule has 1 aliphatic rings. The smallest absolute Gasteiger partial charge is 0.308 e. The van der Waals surface area contributed by atoms with Gasteiger partial charge in [0.25, 0.3) is 11.6 Å². The highest BCUT2D eigenvalue weighted by atomic mass is 16.6. The SMILES string of the molecule is CC(C)OC(=O)CC(NC(=O)COc1ccc2c(c1)CCC(=O)N2)c1ccccc1[N+](=O)[O-]. The van der Waals surface area contributed by atoms with Crippen molar-refractivity contribution < 1.29 is 28.8 Å². The topological polar surface area (TPSA) is 137 Å². The average Bonchev–Trinajstić information content (AvgIpc) is 2.76. The van der Waals surface area contributed by atoms with Crippen molar-refractivity contribution in [3.8, 4) is 5.75 Å². The first kappa shape index (κ1) is 23.7. The zero-order valence-corrected chi connectivity index (χ0v) is 18.3. The fraction of sp³-hybridized carbons (Fsp3) is 0.348. The number of nitro groups is 1. The van der Waals surface area contributed by atoms with Gasteiger partial charge in [-0.15, -0.1) is 0 Å². The van der Waals surface area contributed by atoms with Gasteiger partial charge in [0, 0.05) is 18.2 Å². The van der Waals surface area contributed by atoms with Crippen molar-refractivity contribution in [2.24, 2.45) is 0 Å². The largest absolute Gasteiger partial charge is 0.484 e. The van der Waals surface area contributed by atoms with E-state index in [1.807, 2.05) is 0 Å². The van der Waals surface area contributed by atoms with E-state index >= 15 is 0 Å². The Balaban J connectivity index is 1.70. The Morgan fingerprint density at radius 2 is 1.94 bits per heavy atom. The Hall–Kier alpha value is -3.95. The van der Waals surface area contributed by atoms with E-state index in [-0.39, 0.29) is 36.3 Å². The van der Waals surface area contributed by atoms with Gasteiger partial charge in [-0.3, -0.25) is 24.5 Å². The van der Waals surface area contributed by atoms with Crippen LogP contribution in [0.2, 0.25) is 0 Å². The van der Waals surface area contributed by atoms with Crippen LogP contribution in [0.4, 0.5) is 11.4 Å². The molecule has 2 N–H and O–H groups in total. The first-order chi connectivity index (χ1) is 15.7. The molecule has 1 aliphatic heterocycles. The molecule has 10 nitrogen and oxygen atoms in total. The second-order valence-corrected chi connectivity index (χ2v) is 7.83. The number of aryl methyl sites for hydroxylation is 1. The molecule has 0 bridgehead atoms. The third-order valence-electron chi connectivity index (χ3n) is 4.92. The quantitative estimate of drug-likeness (QED) is 0.337. The van der Waals surface area contributed by atoms with Crippen molar-refractivity contribution in [3.63, 3.8) is 0 Å². The Morgan fingerprint density at radius 3 is 2.67 bits per heavy atom. The highest BCUT2D eigenvalue weighted by molar-refractivity contribution is 5.94. The second kappa shape index (κ2) is 10.6. The number of carbonyl (C=O) groups excluding carboxylic acids is 3. The van der Waals surface area contributed by atoms with Gasteiger partial charge in [-0.2, -0.15) is 0 Å². The van der Waals surface area contributed by atoms with Gasteiger partial charge >= 0.3 is 5.97 Å². The molecule has 33 heavy (non-hydrogen) atoms. The summed E-state index contributed by atoms with van der Waals surface area (Å²) in [5.41, 5.74) is 1.60. The zero-order chi connectivity index (χ0) is 24.0. The molecule has 1 unspecified atom stereocenters. The van der Waals surface area contributed by atoms with E-state index in [1.165, 1.54) is 18.2 Å². The first-order valence-corrected chi connectivity index (χ1v) is 10.5. The summed E-state index contributed by atoms with van der Waals surface area (Å²) in [5.74, 6) is -0.748. The maximum Gasteiger partial charge on any atom is 0.308 e. The number of benzene rings is 2. The number of para-hydroxylation sites is 1. The molecular formula is C23H25N3O7. The van der Waals surface area contributed by atoms with E-state index in [0.29, 0.717) is 24.3 Å². The maximum absolute atomic E-state index is 12.6. The number of nitrogens with one attached hydrogen (secondary N) is 2. The van der Waals surface area contributed by atoms with Crippen molar-refractivity contribution in [2.75, 3.05) is 11.9 Å². The molecular weight excluding hydrogens is 430 g/mol. The van der Waals surface area contributed by atoms with Crippen molar-refractivity contribution in [3.05, 3.63) is 63.7 Å². The number of anilines is 1. The average molecular weight is 455 g/mol. The number of rotatable bonds is 9. The molecule has 1 atom stereocenters. The number of esters is 1. The van der Waals surface area contributed by atoms with E-state index in [0.717, 1.165) is 5.56 Å². The highest BCUT2D eigenvalue weighted by Crippen LogP contribution is 2.28. The van der Waals surface area contributed by atoms with Crippen molar-refractivity contribution in [2.45, 2.75) is 45.3 Å². The lowest BCUT2D eigenvalue weighted by molar-refractivity contribution is -0.385. The number of ether oxygens (including phenoxy) is 2. The Bertz CT molecular complexity index is 1070. The van der Waals surface area contributed by atoms with Gasteiger partial charge in [-0.25, -0.2) is 0 Å². The minimum Gasteiger partial charge on any atom is -0.484 e. The molecule has 10 heteroatoms. The van der Waals surface area contributed by atoms with Gasteiger partial charge in [0.05, 0.1) is 29.1 Å². The summed E-state index contributed by atoms with van der Waals surface area (Å²) in [7, 11) is 0. The predicted octanol–water partition coefficient (Wildman–Crippen LogP) is 3.06. The summed E-state index contributed by atoms with van der Waals surface area (Å²) < 4.78 is 10.7. The van der Waals surface area contributed by atoms with Gasteiger partial charge in [-0.05, 0) is 44.0 Å². The number of fused-ring (bicyclic) bond motifs is 1. The third kappa shape index (κ3) is 6.52. The molecule has 0 fully saturated rings. The van der Waals surface area contributed by atoms with Crippen LogP contribution in [0, 0.1) is 10.1 Å². The molecule has 0 aliphatic carbocycles. The van der Waals surface area contributed by atoms with Crippen LogP contribution < -0.4 is 15.4 Å². The highest BCUT2D eigenvalue weighted by Gasteiger charge is 2.27. The minimum atomic E-state index is -0.965.